The number of nitriles is 1. The van der Waals surface area contributed by atoms with E-state index in [4.69, 9.17) is 10.00 Å². The van der Waals surface area contributed by atoms with Crippen LogP contribution in [0.2, 0.25) is 0 Å². The highest BCUT2D eigenvalue weighted by molar-refractivity contribution is 7.92. The molecular formula is C29H28N8O6S2. The molecule has 0 fully saturated rings. The van der Waals surface area contributed by atoms with Crippen LogP contribution < -0.4 is 30.5 Å². The highest BCUT2D eigenvalue weighted by Gasteiger charge is 2.24. The summed E-state index contributed by atoms with van der Waals surface area (Å²) < 4.78 is 32.8. The molecule has 1 aromatic heterocycles. The normalized spacial score (nSPS) is 10.8. The number of hydrogen-bond acceptors (Lipinski definition) is 11. The minimum atomic E-state index is -3.89. The second-order valence-corrected chi connectivity index (χ2v) is 12.0. The molecule has 0 bridgehead atoms. The van der Waals surface area contributed by atoms with Crippen LogP contribution in [0.4, 0.5) is 16.5 Å². The van der Waals surface area contributed by atoms with E-state index in [0.717, 1.165) is 11.3 Å². The minimum Gasteiger partial charge on any atom is -0.497 e. The molecule has 0 spiro atoms. The number of ether oxygens (including phenoxy) is 1. The Hall–Kier alpha value is -5.37. The summed E-state index contributed by atoms with van der Waals surface area (Å²) in [5.41, 5.74) is 6.22. The van der Waals surface area contributed by atoms with Crippen LogP contribution in [0.5, 0.6) is 5.75 Å². The van der Waals surface area contributed by atoms with Gasteiger partial charge in [0.05, 0.1) is 36.7 Å². The van der Waals surface area contributed by atoms with Crippen molar-refractivity contribution in [2.75, 3.05) is 35.1 Å². The summed E-state index contributed by atoms with van der Waals surface area (Å²) in [5.74, 6) is -1.16. The number of hydrazine groups is 1. The van der Waals surface area contributed by atoms with E-state index in [1.54, 1.807) is 66.7 Å². The number of sulfonamides is 1. The number of carbonyl (C=O) groups is 3. The fourth-order valence-electron chi connectivity index (χ4n) is 3.90. The maximum Gasteiger partial charge on any atom is 0.264 e. The number of nitrogens with zero attached hydrogens (tertiary/aromatic N) is 4. The van der Waals surface area contributed by atoms with Crippen molar-refractivity contribution in [3.63, 3.8) is 0 Å². The number of aromatic nitrogens is 2. The van der Waals surface area contributed by atoms with Gasteiger partial charge in [0.25, 0.3) is 10.0 Å². The van der Waals surface area contributed by atoms with Crippen molar-refractivity contribution in [3.8, 4) is 22.4 Å². The third kappa shape index (κ3) is 9.06. The van der Waals surface area contributed by atoms with Crippen molar-refractivity contribution >= 4 is 55.6 Å². The number of methoxy groups -OCH3 is 1. The molecule has 0 saturated heterocycles. The Morgan fingerprint density at radius 1 is 0.933 bits per heavy atom. The molecule has 14 nitrogen and oxygen atoms in total. The Labute approximate surface area is 263 Å². The number of anilines is 3. The summed E-state index contributed by atoms with van der Waals surface area (Å²) in [5, 5.41) is 22.9. The molecule has 4 rings (SSSR count). The van der Waals surface area contributed by atoms with Gasteiger partial charge in [0.15, 0.2) is 0 Å². The molecule has 16 heteroatoms. The van der Waals surface area contributed by atoms with E-state index < -0.39 is 34.2 Å². The second kappa shape index (κ2) is 15.4. The van der Waals surface area contributed by atoms with Gasteiger partial charge in [-0.2, -0.15) is 5.26 Å². The lowest BCUT2D eigenvalue weighted by atomic mass is 10.2. The first-order valence-electron chi connectivity index (χ1n) is 13.3. The third-order valence-electron chi connectivity index (χ3n) is 5.98. The van der Waals surface area contributed by atoms with Gasteiger partial charge in [-0.1, -0.05) is 35.6 Å². The van der Waals surface area contributed by atoms with Gasteiger partial charge in [-0.3, -0.25) is 29.4 Å². The summed E-state index contributed by atoms with van der Waals surface area (Å²) in [7, 11) is -2.40. The topological polar surface area (TPSA) is 196 Å². The van der Waals surface area contributed by atoms with E-state index in [-0.39, 0.29) is 29.5 Å². The zero-order chi connectivity index (χ0) is 32.2. The molecule has 4 aromatic rings. The van der Waals surface area contributed by atoms with Crippen molar-refractivity contribution in [2.45, 2.75) is 17.7 Å². The summed E-state index contributed by atoms with van der Waals surface area (Å²) in [6, 6.07) is 23.2. The lowest BCUT2D eigenvalue weighted by molar-refractivity contribution is -0.127. The van der Waals surface area contributed by atoms with Crippen LogP contribution >= 0.6 is 11.3 Å². The van der Waals surface area contributed by atoms with Crippen LogP contribution in [0.25, 0.3) is 10.6 Å². The average molecular weight is 649 g/mol. The molecule has 0 unspecified atom stereocenters. The minimum absolute atomic E-state index is 0.00537. The lowest BCUT2D eigenvalue weighted by Crippen LogP contribution is -2.43. The number of rotatable bonds is 14. The molecule has 3 aromatic carbocycles. The van der Waals surface area contributed by atoms with Gasteiger partial charge in [-0.05, 0) is 48.5 Å². The molecule has 0 aliphatic carbocycles. The number of amides is 3. The van der Waals surface area contributed by atoms with Crippen LogP contribution in [-0.4, -0.2) is 56.5 Å². The molecule has 0 radical (unpaired) electrons. The highest BCUT2D eigenvalue weighted by atomic mass is 32.2. The first kappa shape index (κ1) is 32.5. The van der Waals surface area contributed by atoms with E-state index >= 15 is 0 Å². The van der Waals surface area contributed by atoms with Gasteiger partial charge in [-0.25, -0.2) is 13.8 Å². The zero-order valence-electron chi connectivity index (χ0n) is 23.9. The van der Waals surface area contributed by atoms with Crippen molar-refractivity contribution in [1.29, 1.82) is 5.26 Å². The predicted octanol–water partition coefficient (Wildman–Crippen LogP) is 2.91. The highest BCUT2D eigenvalue weighted by Crippen LogP contribution is 2.30. The van der Waals surface area contributed by atoms with Crippen LogP contribution in [-0.2, 0) is 24.4 Å². The van der Waals surface area contributed by atoms with Crippen molar-refractivity contribution in [3.05, 3.63) is 78.9 Å². The van der Waals surface area contributed by atoms with E-state index in [1.807, 2.05) is 6.07 Å². The molecule has 0 aliphatic rings. The summed E-state index contributed by atoms with van der Waals surface area (Å²) in [6.45, 7) is -0.325. The zero-order valence-corrected chi connectivity index (χ0v) is 25.5. The van der Waals surface area contributed by atoms with Crippen molar-refractivity contribution in [2.24, 2.45) is 0 Å². The Kier molecular flexibility index (Phi) is 11.1. The van der Waals surface area contributed by atoms with Gasteiger partial charge in [0.1, 0.15) is 17.2 Å². The summed E-state index contributed by atoms with van der Waals surface area (Å²) in [4.78, 5) is 36.6. The maximum absolute atomic E-state index is 13.3. The van der Waals surface area contributed by atoms with Gasteiger partial charge in [0, 0.05) is 23.9 Å². The summed E-state index contributed by atoms with van der Waals surface area (Å²) in [6.07, 6.45) is -0.468. The van der Waals surface area contributed by atoms with Crippen molar-refractivity contribution in [1.82, 2.24) is 21.0 Å². The Bertz CT molecular complexity index is 1790. The van der Waals surface area contributed by atoms with Crippen LogP contribution in [0.3, 0.4) is 0 Å². The Morgan fingerprint density at radius 2 is 1.69 bits per heavy atom. The smallest absolute Gasteiger partial charge is 0.264 e. The van der Waals surface area contributed by atoms with Crippen LogP contribution in [0, 0.1) is 11.3 Å². The molecular weight excluding hydrogens is 621 g/mol. The molecule has 232 valence electrons. The first-order valence-corrected chi connectivity index (χ1v) is 15.6. The molecule has 0 atom stereocenters. The fourth-order valence-corrected chi connectivity index (χ4v) is 6.15. The molecule has 4 N–H and O–H groups in total. The van der Waals surface area contributed by atoms with Crippen molar-refractivity contribution < 1.29 is 27.5 Å². The monoisotopic (exact) mass is 648 g/mol. The molecule has 0 saturated carbocycles. The van der Waals surface area contributed by atoms with Gasteiger partial charge < -0.3 is 10.1 Å². The first-order chi connectivity index (χ1) is 21.7. The van der Waals surface area contributed by atoms with Gasteiger partial charge >= 0.3 is 0 Å². The molecule has 3 amide bonds. The largest absolute Gasteiger partial charge is 0.497 e. The summed E-state index contributed by atoms with van der Waals surface area (Å²) >= 11 is 1.09. The van der Waals surface area contributed by atoms with E-state index in [9.17, 15) is 22.8 Å². The lowest BCUT2D eigenvalue weighted by Gasteiger charge is -2.23. The van der Waals surface area contributed by atoms with Crippen LogP contribution in [0.15, 0.2) is 83.8 Å². The number of nitrogens with one attached hydrogen (secondary N) is 4. The number of hydrogen-bond donors (Lipinski definition) is 4. The van der Waals surface area contributed by atoms with Crippen LogP contribution in [0.1, 0.15) is 12.8 Å². The van der Waals surface area contributed by atoms with Gasteiger partial charge in [-0.15, -0.1) is 10.2 Å². The fraction of sp³-hybridized carbons (Fsp3) is 0.172. The van der Waals surface area contributed by atoms with Gasteiger partial charge in [0.2, 0.25) is 22.9 Å². The molecule has 45 heavy (non-hydrogen) atoms. The standard InChI is InChI=1S/C29H28N8O6S2/c1-43-23-8-5-7-21(17-23)32-25(38)18-26(39)34-31-19-27(40)33-29-36-35-28(44-29)20-11-13-22(14-12-20)37(16-6-15-30)45(41,42)24-9-3-2-4-10-24/h2-5,7-14,17,31H,6,16,18-19H2,1H3,(H,32,38)(H,34,39)(H,33,36,40). The maximum atomic E-state index is 13.3. The predicted molar refractivity (Wildman–Crippen MR) is 168 cm³/mol. The Balaban J connectivity index is 1.28. The number of carbonyl (C=O) groups excluding carboxylic acids is 3. The average Bonchev–Trinajstić information content (AvgIpc) is 3.50. The number of benzene rings is 3. The molecule has 0 aliphatic heterocycles. The van der Waals surface area contributed by atoms with E-state index in [0.29, 0.717) is 27.7 Å². The second-order valence-electron chi connectivity index (χ2n) is 9.16. The van der Waals surface area contributed by atoms with E-state index in [2.05, 4.69) is 31.7 Å². The third-order valence-corrected chi connectivity index (χ3v) is 8.71. The molecule has 1 heterocycles. The SMILES string of the molecule is COc1cccc(NC(=O)CC(=O)NNCC(=O)Nc2nnc(-c3ccc(N(CCC#N)S(=O)(=O)c4ccccc4)cc3)s2)c1. The van der Waals surface area contributed by atoms with E-state index in [1.165, 1.54) is 23.5 Å². The Morgan fingerprint density at radius 3 is 2.40 bits per heavy atom. The quantitative estimate of drug-likeness (QED) is 0.117.